The average Bonchev–Trinajstić information content (AvgIpc) is 2.79. The highest BCUT2D eigenvalue weighted by Crippen LogP contribution is 2.26. The predicted molar refractivity (Wildman–Crippen MR) is 69.1 cm³/mol. The van der Waals surface area contributed by atoms with E-state index in [4.69, 9.17) is 11.1 Å². The third-order valence-electron chi connectivity index (χ3n) is 1.98. The number of nitrogens with one attached hydrogen (secondary N) is 1. The molecule has 0 atom stereocenters. The lowest BCUT2D eigenvalue weighted by Crippen LogP contribution is -2.13. The van der Waals surface area contributed by atoms with Gasteiger partial charge in [0.2, 0.25) is 0 Å². The number of nitrogens with two attached hydrogens (primary N) is 1. The Kier molecular flexibility index (Phi) is 3.58. The molecule has 16 heavy (non-hydrogen) atoms. The van der Waals surface area contributed by atoms with E-state index in [2.05, 4.69) is 16.4 Å². The molecular formula is C11H11N3S2. The summed E-state index contributed by atoms with van der Waals surface area (Å²) in [5.41, 5.74) is 7.07. The molecule has 0 unspecified atom stereocenters. The number of thiophene rings is 1. The Labute approximate surface area is 102 Å². The van der Waals surface area contributed by atoms with Gasteiger partial charge in [0.05, 0.1) is 4.21 Å². The normalized spacial score (nSPS) is 10.2. The largest absolute Gasteiger partial charge is 0.382 e. The molecule has 2 heterocycles. The molecule has 2 rings (SSSR count). The summed E-state index contributed by atoms with van der Waals surface area (Å²) in [5, 5.41) is 9.38. The van der Waals surface area contributed by atoms with Crippen LogP contribution in [0.4, 0.5) is 0 Å². The van der Waals surface area contributed by atoms with Crippen LogP contribution in [0.3, 0.4) is 0 Å². The lowest BCUT2D eigenvalue weighted by atomic mass is 10.2. The summed E-state index contributed by atoms with van der Waals surface area (Å²) in [6.45, 7) is 0. The van der Waals surface area contributed by atoms with Crippen molar-refractivity contribution >= 4 is 28.9 Å². The molecule has 0 amide bonds. The van der Waals surface area contributed by atoms with Crippen molar-refractivity contribution in [2.24, 2.45) is 5.73 Å². The van der Waals surface area contributed by atoms with Gasteiger partial charge < -0.3 is 5.73 Å². The molecule has 0 saturated heterocycles. The molecule has 82 valence electrons. The van der Waals surface area contributed by atoms with E-state index in [0.717, 1.165) is 11.3 Å². The summed E-state index contributed by atoms with van der Waals surface area (Å²) in [6.07, 6.45) is 1.70. The Morgan fingerprint density at radius 2 is 2.38 bits per heavy atom. The highest BCUT2D eigenvalue weighted by atomic mass is 32.2. The Hall–Kier alpha value is -1.33. The molecule has 0 aliphatic rings. The van der Waals surface area contributed by atoms with Crippen LogP contribution < -0.4 is 5.73 Å². The molecule has 5 heteroatoms. The summed E-state index contributed by atoms with van der Waals surface area (Å²) in [6, 6.07) is 7.96. The summed E-state index contributed by atoms with van der Waals surface area (Å²) in [7, 11) is 0. The molecule has 2 aromatic heterocycles. The summed E-state index contributed by atoms with van der Waals surface area (Å²) in [4.78, 5) is 4.03. The molecule has 0 bridgehead atoms. The maximum Gasteiger partial charge on any atom is 0.141 e. The maximum atomic E-state index is 7.31. The van der Waals surface area contributed by atoms with Crippen molar-refractivity contribution in [3.05, 3.63) is 47.1 Å². The molecule has 0 saturated carbocycles. The van der Waals surface area contributed by atoms with Crippen molar-refractivity contribution in [2.45, 2.75) is 9.96 Å². The Morgan fingerprint density at radius 3 is 3.06 bits per heavy atom. The molecule has 3 N–H and O–H groups in total. The van der Waals surface area contributed by atoms with Gasteiger partial charge in [0, 0.05) is 11.9 Å². The van der Waals surface area contributed by atoms with Crippen LogP contribution in [0.1, 0.15) is 11.3 Å². The Morgan fingerprint density at radius 1 is 1.50 bits per heavy atom. The fraction of sp³-hybridized carbons (Fsp3) is 0.0909. The zero-order valence-electron chi connectivity index (χ0n) is 8.51. The second-order valence-electron chi connectivity index (χ2n) is 3.18. The SMILES string of the molecule is N=C(N)c1cc(CSc2cccs2)ccn1. The van der Waals surface area contributed by atoms with E-state index in [1.165, 1.54) is 4.21 Å². The van der Waals surface area contributed by atoms with E-state index < -0.39 is 0 Å². The smallest absolute Gasteiger partial charge is 0.141 e. The van der Waals surface area contributed by atoms with Crippen LogP contribution in [-0.4, -0.2) is 10.8 Å². The standard InChI is InChI=1S/C11H11N3S2/c12-11(13)9-6-8(3-4-14-9)7-16-10-2-1-5-15-10/h1-6H,7H2,(H3,12,13). The number of aromatic nitrogens is 1. The lowest BCUT2D eigenvalue weighted by molar-refractivity contribution is 1.22. The van der Waals surface area contributed by atoms with E-state index in [-0.39, 0.29) is 5.84 Å². The van der Waals surface area contributed by atoms with E-state index in [9.17, 15) is 0 Å². The van der Waals surface area contributed by atoms with Crippen molar-refractivity contribution in [1.29, 1.82) is 5.41 Å². The monoisotopic (exact) mass is 249 g/mol. The number of hydrogen-bond acceptors (Lipinski definition) is 4. The first-order chi connectivity index (χ1) is 7.75. The average molecular weight is 249 g/mol. The topological polar surface area (TPSA) is 62.8 Å². The quantitative estimate of drug-likeness (QED) is 0.497. The Balaban J connectivity index is 2.04. The van der Waals surface area contributed by atoms with Gasteiger partial charge in [-0.05, 0) is 29.1 Å². The van der Waals surface area contributed by atoms with Crippen molar-refractivity contribution in [3.8, 4) is 0 Å². The van der Waals surface area contributed by atoms with Gasteiger partial charge in [0.25, 0.3) is 0 Å². The van der Waals surface area contributed by atoms with Gasteiger partial charge in [0.15, 0.2) is 0 Å². The third-order valence-corrected chi connectivity index (χ3v) is 4.18. The minimum Gasteiger partial charge on any atom is -0.382 e. The van der Waals surface area contributed by atoms with E-state index in [1.54, 1.807) is 29.3 Å². The summed E-state index contributed by atoms with van der Waals surface area (Å²) in [5.74, 6) is 0.895. The van der Waals surface area contributed by atoms with E-state index in [1.807, 2.05) is 18.2 Å². The van der Waals surface area contributed by atoms with Crippen LogP contribution in [-0.2, 0) is 5.75 Å². The van der Waals surface area contributed by atoms with Crippen LogP contribution in [0.2, 0.25) is 0 Å². The molecule has 3 nitrogen and oxygen atoms in total. The highest BCUT2D eigenvalue weighted by Gasteiger charge is 2.01. The second-order valence-corrected chi connectivity index (χ2v) is 5.41. The number of rotatable bonds is 4. The summed E-state index contributed by atoms with van der Waals surface area (Å²) < 4.78 is 1.29. The second kappa shape index (κ2) is 5.14. The molecule has 0 aliphatic heterocycles. The van der Waals surface area contributed by atoms with Crippen LogP contribution in [0.25, 0.3) is 0 Å². The maximum absolute atomic E-state index is 7.31. The lowest BCUT2D eigenvalue weighted by Gasteiger charge is -2.02. The number of pyridine rings is 1. The zero-order valence-corrected chi connectivity index (χ0v) is 10.1. The highest BCUT2D eigenvalue weighted by molar-refractivity contribution is 8.00. The molecule has 0 spiro atoms. The number of hydrogen-bond donors (Lipinski definition) is 2. The van der Waals surface area contributed by atoms with E-state index >= 15 is 0 Å². The van der Waals surface area contributed by atoms with Crippen molar-refractivity contribution in [1.82, 2.24) is 4.98 Å². The first-order valence-electron chi connectivity index (χ1n) is 4.71. The van der Waals surface area contributed by atoms with Crippen molar-refractivity contribution in [2.75, 3.05) is 0 Å². The number of nitrogen functional groups attached to an aromatic ring is 1. The van der Waals surface area contributed by atoms with Crippen LogP contribution in [0.5, 0.6) is 0 Å². The number of nitrogens with zero attached hydrogens (tertiary/aromatic N) is 1. The first kappa shape index (κ1) is 11.2. The van der Waals surface area contributed by atoms with Crippen LogP contribution in [0.15, 0.2) is 40.1 Å². The first-order valence-corrected chi connectivity index (χ1v) is 6.58. The van der Waals surface area contributed by atoms with Gasteiger partial charge in [-0.1, -0.05) is 6.07 Å². The van der Waals surface area contributed by atoms with Gasteiger partial charge in [-0.15, -0.1) is 23.1 Å². The minimum absolute atomic E-state index is 0.0166. The van der Waals surface area contributed by atoms with Gasteiger partial charge in [-0.3, -0.25) is 10.4 Å². The third kappa shape index (κ3) is 2.84. The van der Waals surface area contributed by atoms with Gasteiger partial charge in [-0.2, -0.15) is 0 Å². The zero-order chi connectivity index (χ0) is 11.4. The number of thioether (sulfide) groups is 1. The van der Waals surface area contributed by atoms with Gasteiger partial charge in [0.1, 0.15) is 11.5 Å². The summed E-state index contributed by atoms with van der Waals surface area (Å²) >= 11 is 3.51. The molecule has 0 aromatic carbocycles. The van der Waals surface area contributed by atoms with E-state index in [0.29, 0.717) is 5.69 Å². The fourth-order valence-electron chi connectivity index (χ4n) is 1.21. The Bertz CT molecular complexity index is 480. The number of amidine groups is 1. The molecule has 0 fully saturated rings. The molecular weight excluding hydrogens is 238 g/mol. The van der Waals surface area contributed by atoms with Gasteiger partial charge >= 0.3 is 0 Å². The van der Waals surface area contributed by atoms with Crippen molar-refractivity contribution in [3.63, 3.8) is 0 Å². The molecule has 0 radical (unpaired) electrons. The minimum atomic E-state index is 0.0166. The molecule has 0 aliphatic carbocycles. The van der Waals surface area contributed by atoms with Crippen LogP contribution >= 0.6 is 23.1 Å². The fourth-order valence-corrected chi connectivity index (χ4v) is 2.94. The predicted octanol–water partition coefficient (Wildman–Crippen LogP) is 2.72. The van der Waals surface area contributed by atoms with Crippen LogP contribution in [0, 0.1) is 5.41 Å². The van der Waals surface area contributed by atoms with Gasteiger partial charge in [-0.25, -0.2) is 0 Å². The molecule has 2 aromatic rings. The van der Waals surface area contributed by atoms with Crippen molar-refractivity contribution < 1.29 is 0 Å².